The normalized spacial score (nSPS) is 14.0. The number of aromatic nitrogens is 3. The van der Waals surface area contributed by atoms with Crippen molar-refractivity contribution in [3.05, 3.63) is 76.0 Å². The molecule has 0 spiro atoms. The lowest BCUT2D eigenvalue weighted by atomic mass is 9.98. The Kier molecular flexibility index (Phi) is 5.34. The number of hydrogen-bond acceptors (Lipinski definition) is 4. The van der Waals surface area contributed by atoms with E-state index >= 15 is 0 Å². The standard InChI is InChI=1S/C25H28N4O2/c26-14-17-8-11-20-18(13-17)15-27-22(21(20)5-3-4-12-30)16-28-23-6-1-2-7-24(23)29(25(28)31)19-9-10-19/h1-2,6-8,11,13,15,19,30H,3-5,9-10,12,14,16,26H2. The maximum absolute atomic E-state index is 13.3. The molecule has 5 rings (SSSR count). The maximum Gasteiger partial charge on any atom is 0.329 e. The molecule has 4 aromatic rings. The van der Waals surface area contributed by atoms with Gasteiger partial charge in [0.2, 0.25) is 0 Å². The minimum atomic E-state index is 0.0467. The van der Waals surface area contributed by atoms with Crippen LogP contribution < -0.4 is 11.4 Å². The van der Waals surface area contributed by atoms with E-state index in [1.807, 2.05) is 39.6 Å². The van der Waals surface area contributed by atoms with Crippen LogP contribution in [-0.2, 0) is 19.5 Å². The predicted octanol–water partition coefficient (Wildman–Crippen LogP) is 3.51. The van der Waals surface area contributed by atoms with Crippen LogP contribution in [0.5, 0.6) is 0 Å². The third kappa shape index (κ3) is 3.66. The third-order valence-electron chi connectivity index (χ3n) is 6.31. The molecule has 2 aromatic heterocycles. The summed E-state index contributed by atoms with van der Waals surface area (Å²) in [4.78, 5) is 18.1. The first kappa shape index (κ1) is 20.0. The van der Waals surface area contributed by atoms with Gasteiger partial charge >= 0.3 is 5.69 Å². The molecule has 6 heteroatoms. The van der Waals surface area contributed by atoms with E-state index in [-0.39, 0.29) is 12.3 Å². The van der Waals surface area contributed by atoms with Gasteiger partial charge in [-0.3, -0.25) is 14.1 Å². The molecule has 6 nitrogen and oxygen atoms in total. The maximum atomic E-state index is 13.3. The monoisotopic (exact) mass is 416 g/mol. The van der Waals surface area contributed by atoms with Crippen LogP contribution in [0.3, 0.4) is 0 Å². The lowest BCUT2D eigenvalue weighted by Gasteiger charge is -2.14. The summed E-state index contributed by atoms with van der Waals surface area (Å²) in [5.74, 6) is 0. The fourth-order valence-electron chi connectivity index (χ4n) is 4.55. The first-order valence-electron chi connectivity index (χ1n) is 11.1. The number of para-hydroxylation sites is 2. The smallest absolute Gasteiger partial charge is 0.329 e. The Labute approximate surface area is 180 Å². The van der Waals surface area contributed by atoms with Crippen LogP contribution in [0.1, 0.15) is 48.5 Å². The predicted molar refractivity (Wildman–Crippen MR) is 123 cm³/mol. The van der Waals surface area contributed by atoms with Gasteiger partial charge in [0.15, 0.2) is 0 Å². The second kappa shape index (κ2) is 8.29. The van der Waals surface area contributed by atoms with Crippen molar-refractivity contribution >= 4 is 21.8 Å². The van der Waals surface area contributed by atoms with Crippen molar-refractivity contribution in [2.75, 3.05) is 6.61 Å². The van der Waals surface area contributed by atoms with E-state index < -0.39 is 0 Å². The molecule has 0 saturated heterocycles. The zero-order valence-corrected chi connectivity index (χ0v) is 17.6. The molecule has 31 heavy (non-hydrogen) atoms. The highest BCUT2D eigenvalue weighted by molar-refractivity contribution is 5.86. The minimum absolute atomic E-state index is 0.0467. The second-order valence-electron chi connectivity index (χ2n) is 8.45. The Bertz CT molecular complexity index is 1300. The molecule has 2 aromatic carbocycles. The largest absolute Gasteiger partial charge is 0.396 e. The molecule has 1 fully saturated rings. The highest BCUT2D eigenvalue weighted by atomic mass is 16.2. The Morgan fingerprint density at radius 2 is 1.90 bits per heavy atom. The topological polar surface area (TPSA) is 86.1 Å². The highest BCUT2D eigenvalue weighted by Crippen LogP contribution is 2.36. The lowest BCUT2D eigenvalue weighted by molar-refractivity contribution is 0.284. The van der Waals surface area contributed by atoms with Crippen molar-refractivity contribution < 1.29 is 5.11 Å². The molecule has 0 atom stereocenters. The van der Waals surface area contributed by atoms with Crippen molar-refractivity contribution in [1.29, 1.82) is 0 Å². The average molecular weight is 417 g/mol. The molecule has 0 aliphatic heterocycles. The molecule has 1 aliphatic rings. The number of nitrogens with zero attached hydrogens (tertiary/aromatic N) is 3. The van der Waals surface area contributed by atoms with E-state index in [1.54, 1.807) is 0 Å². The highest BCUT2D eigenvalue weighted by Gasteiger charge is 2.29. The van der Waals surface area contributed by atoms with E-state index in [4.69, 9.17) is 10.7 Å². The number of fused-ring (bicyclic) bond motifs is 2. The van der Waals surface area contributed by atoms with Crippen LogP contribution in [0.4, 0.5) is 0 Å². The fourth-order valence-corrected chi connectivity index (χ4v) is 4.55. The number of aliphatic hydroxyl groups is 1. The van der Waals surface area contributed by atoms with Crippen molar-refractivity contribution in [2.24, 2.45) is 5.73 Å². The van der Waals surface area contributed by atoms with Gasteiger partial charge in [-0.15, -0.1) is 0 Å². The summed E-state index contributed by atoms with van der Waals surface area (Å²) >= 11 is 0. The van der Waals surface area contributed by atoms with E-state index in [2.05, 4.69) is 18.2 Å². The van der Waals surface area contributed by atoms with Gasteiger partial charge in [-0.25, -0.2) is 4.79 Å². The number of unbranched alkanes of at least 4 members (excludes halogenated alkanes) is 1. The third-order valence-corrected chi connectivity index (χ3v) is 6.31. The second-order valence-corrected chi connectivity index (χ2v) is 8.45. The van der Waals surface area contributed by atoms with Crippen molar-refractivity contribution in [2.45, 2.75) is 51.2 Å². The zero-order chi connectivity index (χ0) is 21.4. The van der Waals surface area contributed by atoms with Crippen LogP contribution in [0.25, 0.3) is 21.8 Å². The SMILES string of the molecule is NCc1ccc2c(CCCCO)c(Cn3c(=O)n(C4CC4)c4ccccc43)ncc2c1. The van der Waals surface area contributed by atoms with E-state index in [1.165, 1.54) is 0 Å². The Balaban J connectivity index is 1.63. The van der Waals surface area contributed by atoms with Crippen LogP contribution in [-0.4, -0.2) is 25.8 Å². The molecule has 0 unspecified atom stereocenters. The molecule has 0 bridgehead atoms. The van der Waals surface area contributed by atoms with Gasteiger partial charge in [0.25, 0.3) is 0 Å². The molecule has 0 amide bonds. The number of aliphatic hydroxyl groups excluding tert-OH is 1. The summed E-state index contributed by atoms with van der Waals surface area (Å²) < 4.78 is 3.82. The summed E-state index contributed by atoms with van der Waals surface area (Å²) in [6, 6.07) is 14.6. The first-order valence-corrected chi connectivity index (χ1v) is 11.1. The zero-order valence-electron chi connectivity index (χ0n) is 17.6. The lowest BCUT2D eigenvalue weighted by Crippen LogP contribution is -2.25. The Hall–Kier alpha value is -2.96. The summed E-state index contributed by atoms with van der Waals surface area (Å²) in [6.07, 6.45) is 6.47. The molecule has 2 heterocycles. The Morgan fingerprint density at radius 3 is 2.65 bits per heavy atom. The van der Waals surface area contributed by atoms with Gasteiger partial charge < -0.3 is 10.8 Å². The first-order chi connectivity index (χ1) is 15.2. The number of hydrogen-bond donors (Lipinski definition) is 2. The molecule has 1 saturated carbocycles. The van der Waals surface area contributed by atoms with Crippen LogP contribution in [0.15, 0.2) is 53.5 Å². The fraction of sp³-hybridized carbons (Fsp3) is 0.360. The number of pyridine rings is 1. The molecule has 3 N–H and O–H groups in total. The van der Waals surface area contributed by atoms with Crippen LogP contribution in [0, 0.1) is 0 Å². The summed E-state index contributed by atoms with van der Waals surface area (Å²) in [5, 5.41) is 11.5. The van der Waals surface area contributed by atoms with Gasteiger partial charge in [0.05, 0.1) is 23.3 Å². The van der Waals surface area contributed by atoms with Gasteiger partial charge in [0, 0.05) is 30.8 Å². The number of benzene rings is 2. The number of rotatable bonds is 8. The van der Waals surface area contributed by atoms with Gasteiger partial charge in [-0.2, -0.15) is 0 Å². The van der Waals surface area contributed by atoms with Crippen LogP contribution >= 0.6 is 0 Å². The summed E-state index contributed by atoms with van der Waals surface area (Å²) in [6.45, 7) is 1.12. The molecule has 1 aliphatic carbocycles. The number of imidazole rings is 1. The minimum Gasteiger partial charge on any atom is -0.396 e. The molecular formula is C25H28N4O2. The average Bonchev–Trinajstić information content (AvgIpc) is 3.59. The molecular weight excluding hydrogens is 388 g/mol. The van der Waals surface area contributed by atoms with Crippen molar-refractivity contribution in [3.8, 4) is 0 Å². The quantitative estimate of drug-likeness (QED) is 0.431. The van der Waals surface area contributed by atoms with E-state index in [9.17, 15) is 9.90 Å². The molecule has 160 valence electrons. The van der Waals surface area contributed by atoms with Crippen molar-refractivity contribution in [3.63, 3.8) is 0 Å². The number of nitrogens with two attached hydrogens (primary N) is 1. The van der Waals surface area contributed by atoms with Crippen molar-refractivity contribution in [1.82, 2.24) is 14.1 Å². The van der Waals surface area contributed by atoms with E-state index in [0.717, 1.165) is 70.7 Å². The molecule has 0 radical (unpaired) electrons. The number of aryl methyl sites for hydroxylation is 1. The van der Waals surface area contributed by atoms with Gasteiger partial charge in [0.1, 0.15) is 0 Å². The van der Waals surface area contributed by atoms with E-state index in [0.29, 0.717) is 19.1 Å². The Morgan fingerprint density at radius 1 is 1.10 bits per heavy atom. The van der Waals surface area contributed by atoms with Crippen LogP contribution in [0.2, 0.25) is 0 Å². The summed E-state index contributed by atoms with van der Waals surface area (Å²) in [7, 11) is 0. The van der Waals surface area contributed by atoms with Gasteiger partial charge in [-0.1, -0.05) is 24.3 Å². The summed E-state index contributed by atoms with van der Waals surface area (Å²) in [5.41, 5.74) is 11.0. The van der Waals surface area contributed by atoms with Gasteiger partial charge in [-0.05, 0) is 66.8 Å².